The Labute approximate surface area is 82.7 Å². The van der Waals surface area contributed by atoms with Crippen molar-refractivity contribution in [2.45, 2.75) is 0 Å². The highest BCUT2D eigenvalue weighted by Crippen LogP contribution is 2.26. The molecule has 2 heterocycles. The molecule has 0 aliphatic rings. The van der Waals surface area contributed by atoms with Crippen LogP contribution in [0.1, 0.15) is 0 Å². The van der Waals surface area contributed by atoms with Gasteiger partial charge in [-0.1, -0.05) is 23.2 Å². The van der Waals surface area contributed by atoms with E-state index < -0.39 is 0 Å². The summed E-state index contributed by atoms with van der Waals surface area (Å²) in [6.07, 6.45) is 1.59. The molecular formula is C6H2Cl3N3. The first-order chi connectivity index (χ1) is 5.68. The molecule has 0 spiro atoms. The Morgan fingerprint density at radius 2 is 1.92 bits per heavy atom. The molecule has 0 unspecified atom stereocenters. The predicted molar refractivity (Wildman–Crippen MR) is 48.9 cm³/mol. The van der Waals surface area contributed by atoms with Crippen molar-refractivity contribution in [1.82, 2.24) is 15.0 Å². The van der Waals surface area contributed by atoms with Gasteiger partial charge in [0, 0.05) is 6.20 Å². The van der Waals surface area contributed by atoms with Gasteiger partial charge in [-0.05, 0) is 11.6 Å². The zero-order valence-electron chi connectivity index (χ0n) is 5.61. The Morgan fingerprint density at radius 3 is 2.67 bits per heavy atom. The van der Waals surface area contributed by atoms with Crippen molar-refractivity contribution in [3.63, 3.8) is 0 Å². The third-order valence-corrected chi connectivity index (χ3v) is 2.14. The topological polar surface area (TPSA) is 41.6 Å². The first kappa shape index (κ1) is 8.10. The maximum absolute atomic E-state index is 5.78. The van der Waals surface area contributed by atoms with Gasteiger partial charge in [-0.2, -0.15) is 0 Å². The van der Waals surface area contributed by atoms with Gasteiger partial charge in [0.1, 0.15) is 11.0 Å². The van der Waals surface area contributed by atoms with E-state index in [1.165, 1.54) is 0 Å². The lowest BCUT2D eigenvalue weighted by Crippen LogP contribution is -1.84. The number of hydrogen-bond acceptors (Lipinski definition) is 2. The standard InChI is InChI=1S/C6H2Cl3N3/c7-2-1-10-4-3(2)11-6(9)12-5(4)8/h1,10H. The smallest absolute Gasteiger partial charge is 0.224 e. The van der Waals surface area contributed by atoms with E-state index in [0.29, 0.717) is 16.1 Å². The minimum Gasteiger partial charge on any atom is -0.356 e. The van der Waals surface area contributed by atoms with E-state index in [9.17, 15) is 0 Å². The summed E-state index contributed by atoms with van der Waals surface area (Å²) in [6.45, 7) is 0. The normalized spacial score (nSPS) is 10.9. The van der Waals surface area contributed by atoms with Gasteiger partial charge in [-0.25, -0.2) is 9.97 Å². The monoisotopic (exact) mass is 221 g/mol. The zero-order chi connectivity index (χ0) is 8.72. The van der Waals surface area contributed by atoms with Crippen molar-refractivity contribution >= 4 is 45.8 Å². The summed E-state index contributed by atoms with van der Waals surface area (Å²) in [4.78, 5) is 10.5. The molecule has 0 aromatic carbocycles. The van der Waals surface area contributed by atoms with Crippen LogP contribution in [0.25, 0.3) is 11.0 Å². The van der Waals surface area contributed by atoms with Crippen LogP contribution in [0.2, 0.25) is 15.5 Å². The second-order valence-corrected chi connectivity index (χ2v) is 3.25. The molecule has 1 N–H and O–H groups in total. The van der Waals surface area contributed by atoms with E-state index in [0.717, 1.165) is 0 Å². The van der Waals surface area contributed by atoms with E-state index in [4.69, 9.17) is 34.8 Å². The maximum Gasteiger partial charge on any atom is 0.224 e. The van der Waals surface area contributed by atoms with E-state index in [1.807, 2.05) is 0 Å². The summed E-state index contributed by atoms with van der Waals surface area (Å²) < 4.78 is 0. The highest BCUT2D eigenvalue weighted by atomic mass is 35.5. The van der Waals surface area contributed by atoms with Crippen LogP contribution in [0.5, 0.6) is 0 Å². The molecule has 0 radical (unpaired) electrons. The molecule has 0 aliphatic heterocycles. The highest BCUT2D eigenvalue weighted by Gasteiger charge is 2.08. The Hall–Kier alpha value is -0.510. The summed E-state index contributed by atoms with van der Waals surface area (Å²) in [5.41, 5.74) is 1.15. The third-order valence-electron chi connectivity index (χ3n) is 1.41. The average Bonchev–Trinajstić information content (AvgIpc) is 2.33. The van der Waals surface area contributed by atoms with Gasteiger partial charge in [0.05, 0.1) is 5.02 Å². The molecule has 3 nitrogen and oxygen atoms in total. The minimum atomic E-state index is 0.0917. The first-order valence-corrected chi connectivity index (χ1v) is 4.17. The number of aromatic amines is 1. The molecule has 0 saturated carbocycles. The van der Waals surface area contributed by atoms with Crippen LogP contribution in [-0.2, 0) is 0 Å². The highest BCUT2D eigenvalue weighted by molar-refractivity contribution is 6.39. The van der Waals surface area contributed by atoms with Crippen LogP contribution in [0.15, 0.2) is 6.20 Å². The van der Waals surface area contributed by atoms with Gasteiger partial charge in [0.25, 0.3) is 0 Å². The summed E-state index contributed by atoms with van der Waals surface area (Å²) >= 11 is 17.1. The lowest BCUT2D eigenvalue weighted by molar-refractivity contribution is 1.22. The van der Waals surface area contributed by atoms with E-state index in [1.54, 1.807) is 6.20 Å². The maximum atomic E-state index is 5.78. The second kappa shape index (κ2) is 2.76. The lowest BCUT2D eigenvalue weighted by Gasteiger charge is -1.93. The summed E-state index contributed by atoms with van der Waals surface area (Å²) in [6, 6.07) is 0. The van der Waals surface area contributed by atoms with Crippen molar-refractivity contribution < 1.29 is 0 Å². The number of halogens is 3. The van der Waals surface area contributed by atoms with Gasteiger partial charge < -0.3 is 4.98 Å². The van der Waals surface area contributed by atoms with E-state index >= 15 is 0 Å². The van der Waals surface area contributed by atoms with Crippen molar-refractivity contribution in [2.75, 3.05) is 0 Å². The molecule has 0 bridgehead atoms. The first-order valence-electron chi connectivity index (χ1n) is 3.04. The van der Waals surface area contributed by atoms with E-state index in [-0.39, 0.29) is 10.4 Å². The Balaban J connectivity index is 2.92. The van der Waals surface area contributed by atoms with Gasteiger partial charge in [0.15, 0.2) is 5.15 Å². The van der Waals surface area contributed by atoms with Crippen LogP contribution in [-0.4, -0.2) is 15.0 Å². The molecule has 12 heavy (non-hydrogen) atoms. The third kappa shape index (κ3) is 1.14. The Kier molecular flexibility index (Phi) is 1.87. The van der Waals surface area contributed by atoms with Crippen molar-refractivity contribution in [3.05, 3.63) is 21.7 Å². The molecule has 6 heteroatoms. The van der Waals surface area contributed by atoms with Gasteiger partial charge in [0.2, 0.25) is 5.28 Å². The molecule has 0 aliphatic carbocycles. The van der Waals surface area contributed by atoms with Gasteiger partial charge in [-0.15, -0.1) is 0 Å². The second-order valence-electron chi connectivity index (χ2n) is 2.14. The molecule has 0 amide bonds. The predicted octanol–water partition coefficient (Wildman–Crippen LogP) is 2.92. The Bertz CT molecular complexity index is 437. The molecule has 0 fully saturated rings. The number of nitrogens with one attached hydrogen (secondary N) is 1. The van der Waals surface area contributed by atoms with Crippen LogP contribution in [0, 0.1) is 0 Å². The fraction of sp³-hybridized carbons (Fsp3) is 0. The number of aromatic nitrogens is 3. The average molecular weight is 222 g/mol. The van der Waals surface area contributed by atoms with Crippen molar-refractivity contribution in [1.29, 1.82) is 0 Å². The molecule has 2 rings (SSSR count). The summed E-state index contributed by atoms with van der Waals surface area (Å²) in [5, 5.41) is 0.849. The molecule has 0 saturated heterocycles. The number of H-pyrrole nitrogens is 1. The van der Waals surface area contributed by atoms with Gasteiger partial charge >= 0.3 is 0 Å². The number of nitrogens with zero attached hydrogens (tertiary/aromatic N) is 2. The molecular weight excluding hydrogens is 220 g/mol. The largest absolute Gasteiger partial charge is 0.356 e. The van der Waals surface area contributed by atoms with E-state index in [2.05, 4.69) is 15.0 Å². The number of rotatable bonds is 0. The van der Waals surface area contributed by atoms with Gasteiger partial charge in [-0.3, -0.25) is 0 Å². The summed E-state index contributed by atoms with van der Waals surface area (Å²) in [5.74, 6) is 0. The van der Waals surface area contributed by atoms with Crippen molar-refractivity contribution in [2.24, 2.45) is 0 Å². The summed E-state index contributed by atoms with van der Waals surface area (Å²) in [7, 11) is 0. The number of fused-ring (bicyclic) bond motifs is 1. The fourth-order valence-corrected chi connectivity index (χ4v) is 1.54. The molecule has 2 aromatic rings. The van der Waals surface area contributed by atoms with Crippen LogP contribution >= 0.6 is 34.8 Å². The fourth-order valence-electron chi connectivity index (χ4n) is 0.912. The molecule has 62 valence electrons. The van der Waals surface area contributed by atoms with Crippen LogP contribution < -0.4 is 0 Å². The Morgan fingerprint density at radius 1 is 1.17 bits per heavy atom. The van der Waals surface area contributed by atoms with Crippen LogP contribution in [0.3, 0.4) is 0 Å². The number of hydrogen-bond donors (Lipinski definition) is 1. The van der Waals surface area contributed by atoms with Crippen molar-refractivity contribution in [3.8, 4) is 0 Å². The molecule has 0 atom stereocenters. The van der Waals surface area contributed by atoms with Crippen LogP contribution in [0.4, 0.5) is 0 Å². The lowest BCUT2D eigenvalue weighted by atomic mass is 10.5. The molecule has 2 aromatic heterocycles. The zero-order valence-corrected chi connectivity index (χ0v) is 7.87. The minimum absolute atomic E-state index is 0.0917. The SMILES string of the molecule is Clc1nc(Cl)c2[nH]cc(Cl)c2n1. The quantitative estimate of drug-likeness (QED) is 0.550.